The minimum atomic E-state index is -0.341. The number of methoxy groups -OCH3 is 1. The second-order valence-corrected chi connectivity index (χ2v) is 12.3. The number of hydrogen-bond acceptors (Lipinski definition) is 4. The molecule has 1 aliphatic heterocycles. The van der Waals surface area contributed by atoms with Crippen LogP contribution >= 0.6 is 31.9 Å². The van der Waals surface area contributed by atoms with Crippen LogP contribution in [-0.4, -0.2) is 30.6 Å². The van der Waals surface area contributed by atoms with E-state index in [1.54, 1.807) is 7.11 Å². The first-order valence-electron chi connectivity index (χ1n) is 10.6. The third-order valence-corrected chi connectivity index (χ3v) is 7.92. The second-order valence-electron chi connectivity index (χ2n) is 10.6. The number of nitrogens with zero attached hydrogens (tertiary/aromatic N) is 1. The maximum atomic E-state index is 13.5. The summed E-state index contributed by atoms with van der Waals surface area (Å²) in [4.78, 5) is 29.2. The zero-order valence-corrected chi connectivity index (χ0v) is 22.2. The molecule has 1 aromatic carbocycles. The average Bonchev–Trinajstić information content (AvgIpc) is 2.61. The van der Waals surface area contributed by atoms with Gasteiger partial charge in [-0.05, 0) is 73.2 Å². The molecule has 0 spiro atoms. The zero-order chi connectivity index (χ0) is 22.9. The van der Waals surface area contributed by atoms with Crippen LogP contribution in [0.5, 0.6) is 5.75 Å². The lowest BCUT2D eigenvalue weighted by atomic mass is 9.64. The number of carbonyl (C=O) groups is 2. The summed E-state index contributed by atoms with van der Waals surface area (Å²) in [5, 5.41) is 0. The van der Waals surface area contributed by atoms with Crippen molar-refractivity contribution in [2.75, 3.05) is 14.2 Å². The largest absolute Gasteiger partial charge is 0.494 e. The summed E-state index contributed by atoms with van der Waals surface area (Å²) in [6.45, 7) is 8.60. The van der Waals surface area contributed by atoms with E-state index < -0.39 is 0 Å². The van der Waals surface area contributed by atoms with Crippen molar-refractivity contribution in [1.29, 1.82) is 0 Å². The SMILES string of the molecule is COc1c(Br)cc(C2C3=C(CC(C)(C)CC3=O)N(C)C3=C2C(=O)CC(C)(C)C3)cc1Br. The van der Waals surface area contributed by atoms with Crippen molar-refractivity contribution in [3.63, 3.8) is 0 Å². The number of hydrogen-bond donors (Lipinski definition) is 0. The third-order valence-electron chi connectivity index (χ3n) is 6.74. The molecule has 1 aromatic rings. The molecule has 3 aliphatic rings. The predicted octanol–water partition coefficient (Wildman–Crippen LogP) is 6.54. The van der Waals surface area contributed by atoms with E-state index >= 15 is 0 Å². The molecule has 0 fully saturated rings. The van der Waals surface area contributed by atoms with Crippen LogP contribution in [0.2, 0.25) is 0 Å². The number of halogens is 2. The first-order chi connectivity index (χ1) is 14.3. The average molecular weight is 551 g/mol. The highest BCUT2D eigenvalue weighted by atomic mass is 79.9. The Balaban J connectivity index is 1.99. The standard InChI is InChI=1S/C25H29Br2NO3/c1-24(2)9-16-21(18(29)11-24)20(13-7-14(26)23(31-6)15(27)8-13)22-17(28(16)5)10-25(3,4)12-19(22)30/h7-8,20H,9-12H2,1-6H3. The van der Waals surface area contributed by atoms with E-state index in [1.807, 2.05) is 19.2 Å². The fourth-order valence-corrected chi connectivity index (χ4v) is 6.98. The quantitative estimate of drug-likeness (QED) is 0.419. The maximum absolute atomic E-state index is 13.5. The topological polar surface area (TPSA) is 46.6 Å². The maximum Gasteiger partial charge on any atom is 0.162 e. The highest BCUT2D eigenvalue weighted by Crippen LogP contribution is 2.54. The lowest BCUT2D eigenvalue weighted by molar-refractivity contribution is -0.119. The van der Waals surface area contributed by atoms with Crippen molar-refractivity contribution >= 4 is 43.4 Å². The van der Waals surface area contributed by atoms with Gasteiger partial charge in [-0.15, -0.1) is 0 Å². The van der Waals surface area contributed by atoms with E-state index in [9.17, 15) is 9.59 Å². The molecule has 4 rings (SSSR count). The molecular weight excluding hydrogens is 522 g/mol. The molecule has 0 aromatic heterocycles. The van der Waals surface area contributed by atoms with Crippen LogP contribution in [0.15, 0.2) is 43.6 Å². The Labute approximate surface area is 201 Å². The van der Waals surface area contributed by atoms with Gasteiger partial charge in [-0.3, -0.25) is 9.59 Å². The summed E-state index contributed by atoms with van der Waals surface area (Å²) in [5.74, 6) is 0.657. The molecule has 4 nitrogen and oxygen atoms in total. The van der Waals surface area contributed by atoms with Crippen molar-refractivity contribution in [2.45, 2.75) is 59.3 Å². The molecule has 31 heavy (non-hydrogen) atoms. The van der Waals surface area contributed by atoms with E-state index in [0.29, 0.717) is 18.6 Å². The molecule has 6 heteroatoms. The van der Waals surface area contributed by atoms with E-state index in [-0.39, 0.29) is 28.3 Å². The number of Topliss-reactive ketones (excluding diaryl/α,β-unsaturated/α-hetero) is 2. The van der Waals surface area contributed by atoms with Gasteiger partial charge in [-0.1, -0.05) is 27.7 Å². The molecule has 0 bridgehead atoms. The van der Waals surface area contributed by atoms with Crippen LogP contribution < -0.4 is 4.74 Å². The fourth-order valence-electron chi connectivity index (χ4n) is 5.44. The monoisotopic (exact) mass is 549 g/mol. The Morgan fingerprint density at radius 3 is 1.68 bits per heavy atom. The molecule has 0 saturated heterocycles. The highest BCUT2D eigenvalue weighted by molar-refractivity contribution is 9.11. The van der Waals surface area contributed by atoms with Gasteiger partial charge in [0.15, 0.2) is 11.6 Å². The first-order valence-corrected chi connectivity index (χ1v) is 12.2. The number of rotatable bonds is 2. The zero-order valence-electron chi connectivity index (χ0n) is 19.0. The fraction of sp³-hybridized carbons (Fsp3) is 0.520. The minimum Gasteiger partial charge on any atom is -0.494 e. The van der Waals surface area contributed by atoms with E-state index in [2.05, 4.69) is 64.5 Å². The molecule has 2 aliphatic carbocycles. The molecule has 0 amide bonds. The lowest BCUT2D eigenvalue weighted by Gasteiger charge is -2.48. The number of ether oxygens (including phenoxy) is 1. The van der Waals surface area contributed by atoms with E-state index in [4.69, 9.17) is 4.74 Å². The Morgan fingerprint density at radius 1 is 0.871 bits per heavy atom. The Morgan fingerprint density at radius 2 is 1.29 bits per heavy atom. The summed E-state index contributed by atoms with van der Waals surface area (Å²) in [6, 6.07) is 3.99. The normalized spacial score (nSPS) is 23.2. The van der Waals surface area contributed by atoms with Crippen LogP contribution in [0.1, 0.15) is 64.9 Å². The smallest absolute Gasteiger partial charge is 0.162 e. The van der Waals surface area contributed by atoms with Crippen LogP contribution in [-0.2, 0) is 9.59 Å². The molecule has 0 atom stereocenters. The van der Waals surface area contributed by atoms with Crippen LogP contribution in [0.3, 0.4) is 0 Å². The Hall–Kier alpha value is -1.40. The summed E-state index contributed by atoms with van der Waals surface area (Å²) in [5.41, 5.74) is 4.46. The second kappa shape index (κ2) is 7.58. The highest BCUT2D eigenvalue weighted by Gasteiger charge is 2.48. The lowest BCUT2D eigenvalue weighted by Crippen LogP contribution is -2.43. The van der Waals surface area contributed by atoms with Crippen LogP contribution in [0.4, 0.5) is 0 Å². The van der Waals surface area contributed by atoms with E-state index in [0.717, 1.165) is 49.9 Å². The third kappa shape index (κ3) is 3.84. The van der Waals surface area contributed by atoms with Crippen molar-refractivity contribution in [3.05, 3.63) is 49.2 Å². The summed E-state index contributed by atoms with van der Waals surface area (Å²) in [6.07, 6.45) is 2.64. The Kier molecular flexibility index (Phi) is 5.57. The number of allylic oxidation sites excluding steroid dienone is 4. The van der Waals surface area contributed by atoms with Gasteiger partial charge in [-0.25, -0.2) is 0 Å². The van der Waals surface area contributed by atoms with Crippen molar-refractivity contribution < 1.29 is 14.3 Å². The van der Waals surface area contributed by atoms with E-state index in [1.165, 1.54) is 0 Å². The van der Waals surface area contributed by atoms with Gasteiger partial charge in [0.1, 0.15) is 5.75 Å². The molecular formula is C25H29Br2NO3. The predicted molar refractivity (Wildman–Crippen MR) is 129 cm³/mol. The number of carbonyl (C=O) groups excluding carboxylic acids is 2. The van der Waals surface area contributed by atoms with Crippen molar-refractivity contribution in [1.82, 2.24) is 4.90 Å². The molecule has 0 radical (unpaired) electrons. The van der Waals surface area contributed by atoms with Gasteiger partial charge in [-0.2, -0.15) is 0 Å². The number of benzene rings is 1. The van der Waals surface area contributed by atoms with Gasteiger partial charge in [0.25, 0.3) is 0 Å². The minimum absolute atomic E-state index is 0.0952. The van der Waals surface area contributed by atoms with Gasteiger partial charge < -0.3 is 9.64 Å². The number of ketones is 2. The van der Waals surface area contributed by atoms with Gasteiger partial charge in [0, 0.05) is 48.3 Å². The molecule has 0 unspecified atom stereocenters. The van der Waals surface area contributed by atoms with Crippen molar-refractivity contribution in [3.8, 4) is 5.75 Å². The van der Waals surface area contributed by atoms with Gasteiger partial charge >= 0.3 is 0 Å². The van der Waals surface area contributed by atoms with Crippen LogP contribution in [0.25, 0.3) is 0 Å². The van der Waals surface area contributed by atoms with Gasteiger partial charge in [0.05, 0.1) is 16.1 Å². The molecule has 0 N–H and O–H groups in total. The summed E-state index contributed by atoms with van der Waals surface area (Å²) < 4.78 is 7.09. The van der Waals surface area contributed by atoms with Gasteiger partial charge in [0.2, 0.25) is 0 Å². The molecule has 0 saturated carbocycles. The Bertz CT molecular complexity index is 988. The molecule has 1 heterocycles. The molecule has 166 valence electrons. The van der Waals surface area contributed by atoms with Crippen LogP contribution in [0, 0.1) is 10.8 Å². The summed E-state index contributed by atoms with van der Waals surface area (Å²) >= 11 is 7.22. The summed E-state index contributed by atoms with van der Waals surface area (Å²) in [7, 11) is 3.66. The van der Waals surface area contributed by atoms with Crippen molar-refractivity contribution in [2.24, 2.45) is 10.8 Å². The first kappa shape index (κ1) is 22.8.